The zero-order valence-electron chi connectivity index (χ0n) is 8.07. The van der Waals surface area contributed by atoms with Crippen molar-refractivity contribution in [2.24, 2.45) is 0 Å². The van der Waals surface area contributed by atoms with E-state index in [-0.39, 0.29) is 11.6 Å². The SMILES string of the molecule is O=[N+]([O-])c1ccc(-c2nccnc2O)cc1. The fourth-order valence-electron chi connectivity index (χ4n) is 1.28. The summed E-state index contributed by atoms with van der Waals surface area (Å²) in [6, 6.07) is 5.73. The Bertz CT molecular complexity index is 525. The number of hydrogen-bond acceptors (Lipinski definition) is 5. The molecule has 6 heteroatoms. The smallest absolute Gasteiger partial charge is 0.269 e. The van der Waals surface area contributed by atoms with Crippen molar-refractivity contribution in [2.45, 2.75) is 0 Å². The summed E-state index contributed by atoms with van der Waals surface area (Å²) in [5.74, 6) is -0.198. The van der Waals surface area contributed by atoms with E-state index in [0.29, 0.717) is 11.3 Å². The largest absolute Gasteiger partial charge is 0.492 e. The number of nitrogens with zero attached hydrogens (tertiary/aromatic N) is 3. The van der Waals surface area contributed by atoms with Crippen molar-refractivity contribution >= 4 is 5.69 Å². The van der Waals surface area contributed by atoms with Gasteiger partial charge in [0.05, 0.1) is 4.92 Å². The maximum absolute atomic E-state index is 10.4. The highest BCUT2D eigenvalue weighted by Gasteiger charge is 2.09. The summed E-state index contributed by atoms with van der Waals surface area (Å²) >= 11 is 0. The van der Waals surface area contributed by atoms with E-state index in [1.54, 1.807) is 0 Å². The van der Waals surface area contributed by atoms with E-state index in [9.17, 15) is 15.2 Å². The lowest BCUT2D eigenvalue weighted by atomic mass is 10.1. The standard InChI is InChI=1S/C10H7N3O3/c14-10-9(11-5-6-12-10)7-1-3-8(4-2-7)13(15)16/h1-6H,(H,12,14). The molecular weight excluding hydrogens is 210 g/mol. The van der Waals surface area contributed by atoms with Crippen molar-refractivity contribution in [2.75, 3.05) is 0 Å². The summed E-state index contributed by atoms with van der Waals surface area (Å²) in [5.41, 5.74) is 0.876. The van der Waals surface area contributed by atoms with E-state index in [0.717, 1.165) is 0 Å². The van der Waals surface area contributed by atoms with Crippen LogP contribution in [0.1, 0.15) is 0 Å². The Morgan fingerprint density at radius 1 is 1.12 bits per heavy atom. The maximum atomic E-state index is 10.4. The number of rotatable bonds is 2. The lowest BCUT2D eigenvalue weighted by molar-refractivity contribution is -0.384. The number of aromatic hydroxyl groups is 1. The van der Waals surface area contributed by atoms with Gasteiger partial charge in [-0.15, -0.1) is 0 Å². The van der Waals surface area contributed by atoms with Crippen LogP contribution in [0.4, 0.5) is 5.69 Å². The van der Waals surface area contributed by atoms with Crippen LogP contribution in [0.25, 0.3) is 11.3 Å². The zero-order valence-corrected chi connectivity index (χ0v) is 8.07. The summed E-state index contributed by atoms with van der Waals surface area (Å²) in [4.78, 5) is 17.6. The van der Waals surface area contributed by atoms with Crippen LogP contribution in [0.2, 0.25) is 0 Å². The molecule has 0 spiro atoms. The van der Waals surface area contributed by atoms with E-state index < -0.39 is 4.92 Å². The number of non-ortho nitro benzene ring substituents is 1. The highest BCUT2D eigenvalue weighted by atomic mass is 16.6. The number of aromatic nitrogens is 2. The van der Waals surface area contributed by atoms with Crippen molar-refractivity contribution in [1.29, 1.82) is 0 Å². The van der Waals surface area contributed by atoms with Gasteiger partial charge in [0, 0.05) is 30.1 Å². The highest BCUT2D eigenvalue weighted by Crippen LogP contribution is 2.25. The van der Waals surface area contributed by atoms with Crippen LogP contribution in [-0.4, -0.2) is 20.0 Å². The summed E-state index contributed by atoms with van der Waals surface area (Å²) in [7, 11) is 0. The van der Waals surface area contributed by atoms with Crippen LogP contribution >= 0.6 is 0 Å². The fraction of sp³-hybridized carbons (Fsp3) is 0. The molecule has 0 fully saturated rings. The molecule has 1 aromatic heterocycles. The first-order valence-corrected chi connectivity index (χ1v) is 4.43. The van der Waals surface area contributed by atoms with Crippen LogP contribution in [0.3, 0.4) is 0 Å². The van der Waals surface area contributed by atoms with Crippen LogP contribution < -0.4 is 0 Å². The Labute approximate surface area is 90.4 Å². The van der Waals surface area contributed by atoms with Crippen molar-refractivity contribution in [3.63, 3.8) is 0 Å². The minimum atomic E-state index is -0.486. The van der Waals surface area contributed by atoms with E-state index in [2.05, 4.69) is 9.97 Å². The van der Waals surface area contributed by atoms with E-state index in [1.165, 1.54) is 36.7 Å². The molecule has 0 saturated carbocycles. The van der Waals surface area contributed by atoms with Crippen molar-refractivity contribution < 1.29 is 10.0 Å². The molecule has 80 valence electrons. The summed E-state index contributed by atoms with van der Waals surface area (Å²) in [6.07, 6.45) is 2.81. The molecule has 0 amide bonds. The molecule has 0 atom stereocenters. The average molecular weight is 217 g/mol. The Morgan fingerprint density at radius 2 is 1.75 bits per heavy atom. The first-order chi connectivity index (χ1) is 7.68. The zero-order chi connectivity index (χ0) is 11.5. The van der Waals surface area contributed by atoms with Crippen molar-refractivity contribution in [3.8, 4) is 17.1 Å². The molecule has 0 bridgehead atoms. The lowest BCUT2D eigenvalue weighted by Crippen LogP contribution is -1.89. The van der Waals surface area contributed by atoms with Gasteiger partial charge in [-0.3, -0.25) is 10.1 Å². The molecule has 0 unspecified atom stereocenters. The molecule has 0 aliphatic carbocycles. The monoisotopic (exact) mass is 217 g/mol. The van der Waals surface area contributed by atoms with Gasteiger partial charge in [0.25, 0.3) is 5.69 Å². The molecule has 0 aliphatic heterocycles. The number of nitro groups is 1. The third-order valence-electron chi connectivity index (χ3n) is 2.03. The molecule has 0 aliphatic rings. The van der Waals surface area contributed by atoms with Gasteiger partial charge in [-0.25, -0.2) is 9.97 Å². The van der Waals surface area contributed by atoms with Crippen LogP contribution in [-0.2, 0) is 0 Å². The third-order valence-corrected chi connectivity index (χ3v) is 2.03. The van der Waals surface area contributed by atoms with Gasteiger partial charge in [0.1, 0.15) is 5.69 Å². The topological polar surface area (TPSA) is 89.2 Å². The van der Waals surface area contributed by atoms with E-state index in [4.69, 9.17) is 0 Å². The first-order valence-electron chi connectivity index (χ1n) is 4.43. The van der Waals surface area contributed by atoms with E-state index in [1.807, 2.05) is 0 Å². The van der Waals surface area contributed by atoms with Gasteiger partial charge in [-0.2, -0.15) is 0 Å². The predicted octanol–water partition coefficient (Wildman–Crippen LogP) is 1.76. The van der Waals surface area contributed by atoms with Gasteiger partial charge in [0.2, 0.25) is 5.88 Å². The molecule has 6 nitrogen and oxygen atoms in total. The second kappa shape index (κ2) is 3.93. The van der Waals surface area contributed by atoms with Gasteiger partial charge >= 0.3 is 0 Å². The predicted molar refractivity (Wildman–Crippen MR) is 55.8 cm³/mol. The quantitative estimate of drug-likeness (QED) is 0.611. The maximum Gasteiger partial charge on any atom is 0.269 e. The molecular formula is C10H7N3O3. The number of benzene rings is 1. The van der Waals surface area contributed by atoms with Crippen molar-refractivity contribution in [3.05, 3.63) is 46.8 Å². The lowest BCUT2D eigenvalue weighted by Gasteiger charge is -2.01. The Morgan fingerprint density at radius 3 is 2.31 bits per heavy atom. The van der Waals surface area contributed by atoms with Crippen LogP contribution in [0, 0.1) is 10.1 Å². The van der Waals surface area contributed by atoms with Gasteiger partial charge < -0.3 is 5.11 Å². The first kappa shape index (κ1) is 10.0. The Kier molecular flexibility index (Phi) is 2.47. The molecule has 1 N–H and O–H groups in total. The molecule has 0 radical (unpaired) electrons. The van der Waals surface area contributed by atoms with Gasteiger partial charge in [-0.1, -0.05) is 0 Å². The molecule has 1 heterocycles. The normalized spacial score (nSPS) is 10.0. The minimum absolute atomic E-state index is 0.00729. The summed E-state index contributed by atoms with van der Waals surface area (Å²) < 4.78 is 0. The van der Waals surface area contributed by atoms with Crippen LogP contribution in [0.15, 0.2) is 36.7 Å². The highest BCUT2D eigenvalue weighted by molar-refractivity contribution is 5.64. The van der Waals surface area contributed by atoms with Crippen LogP contribution in [0.5, 0.6) is 5.88 Å². The molecule has 16 heavy (non-hydrogen) atoms. The fourth-order valence-corrected chi connectivity index (χ4v) is 1.28. The number of hydrogen-bond donors (Lipinski definition) is 1. The summed E-state index contributed by atoms with van der Waals surface area (Å²) in [6.45, 7) is 0. The second-order valence-corrected chi connectivity index (χ2v) is 3.03. The Hall–Kier alpha value is -2.50. The Balaban J connectivity index is 2.43. The number of nitro benzene ring substituents is 1. The minimum Gasteiger partial charge on any atom is -0.492 e. The van der Waals surface area contributed by atoms with Crippen molar-refractivity contribution in [1.82, 2.24) is 9.97 Å². The second-order valence-electron chi connectivity index (χ2n) is 3.03. The average Bonchev–Trinajstić information content (AvgIpc) is 2.30. The molecule has 1 aromatic carbocycles. The van der Waals surface area contributed by atoms with E-state index >= 15 is 0 Å². The van der Waals surface area contributed by atoms with Gasteiger partial charge in [0.15, 0.2) is 0 Å². The molecule has 0 saturated heterocycles. The third kappa shape index (κ3) is 1.81. The molecule has 2 rings (SSSR count). The van der Waals surface area contributed by atoms with Gasteiger partial charge in [-0.05, 0) is 12.1 Å². The molecule has 2 aromatic rings. The summed E-state index contributed by atoms with van der Waals surface area (Å²) in [5, 5.41) is 19.9.